The zero-order valence-corrected chi connectivity index (χ0v) is 18.4. The van der Waals surface area contributed by atoms with Crippen LogP contribution in [-0.4, -0.2) is 41.8 Å². The van der Waals surface area contributed by atoms with Crippen LogP contribution in [0.25, 0.3) is 0 Å². The molecule has 1 N–H and O–H groups in total. The molecule has 0 unspecified atom stereocenters. The fourth-order valence-electron chi connectivity index (χ4n) is 3.15. The van der Waals surface area contributed by atoms with Crippen molar-refractivity contribution in [1.82, 2.24) is 0 Å². The van der Waals surface area contributed by atoms with Crippen molar-refractivity contribution in [3.63, 3.8) is 0 Å². The Morgan fingerprint density at radius 2 is 1.89 bits per heavy atom. The van der Waals surface area contributed by atoms with Gasteiger partial charge in [-0.1, -0.05) is 31.9 Å². The highest BCUT2D eigenvalue weighted by atomic mass is 16.6. The van der Waals surface area contributed by atoms with Crippen LogP contribution >= 0.6 is 0 Å². The minimum atomic E-state index is -0.442. The highest BCUT2D eigenvalue weighted by molar-refractivity contribution is 5.92. The highest BCUT2D eigenvalue weighted by Gasteiger charge is 2.54. The fourth-order valence-corrected chi connectivity index (χ4v) is 3.15. The molecule has 1 rings (SSSR count). The number of carbonyl (C=O) groups is 2. The van der Waals surface area contributed by atoms with E-state index in [0.29, 0.717) is 12.5 Å². The number of hydrogen-bond acceptors (Lipinski definition) is 5. The van der Waals surface area contributed by atoms with Gasteiger partial charge in [-0.15, -0.1) is 0 Å². The van der Waals surface area contributed by atoms with Gasteiger partial charge in [0.2, 0.25) is 0 Å². The van der Waals surface area contributed by atoms with Crippen LogP contribution in [0.5, 0.6) is 0 Å². The van der Waals surface area contributed by atoms with Crippen LogP contribution in [0.15, 0.2) is 23.3 Å². The van der Waals surface area contributed by atoms with Crippen molar-refractivity contribution in [2.24, 2.45) is 11.8 Å². The summed E-state index contributed by atoms with van der Waals surface area (Å²) in [5, 5.41) is 9.78. The van der Waals surface area contributed by atoms with Gasteiger partial charge in [-0.05, 0) is 64.0 Å². The smallest absolute Gasteiger partial charge is 0.302 e. The summed E-state index contributed by atoms with van der Waals surface area (Å²) in [5.74, 6) is 0.288. The summed E-state index contributed by atoms with van der Waals surface area (Å²) < 4.78 is 10.7. The number of epoxide rings is 1. The SMILES string of the molecule is CC(=O)OC/C=C(/C)CC[C@H]1O[C@]1(CO)CCC[C@@H](C)C(=O)/C=C(\C)C(C)C. The Hall–Kier alpha value is -1.46. The number of allylic oxidation sites excluding steroid dienone is 3. The second kappa shape index (κ2) is 11.5. The summed E-state index contributed by atoms with van der Waals surface area (Å²) in [6.45, 7) is 11.9. The van der Waals surface area contributed by atoms with E-state index in [1.807, 2.05) is 26.8 Å². The Bertz CT molecular complexity index is 590. The first kappa shape index (κ1) is 24.6. The maximum absolute atomic E-state index is 12.3. The summed E-state index contributed by atoms with van der Waals surface area (Å²) in [6, 6.07) is 0. The first-order valence-corrected chi connectivity index (χ1v) is 10.4. The topological polar surface area (TPSA) is 76.1 Å². The molecule has 3 atom stereocenters. The highest BCUT2D eigenvalue weighted by Crippen LogP contribution is 2.44. The summed E-state index contributed by atoms with van der Waals surface area (Å²) in [5.41, 5.74) is 1.82. The Labute approximate surface area is 170 Å². The number of rotatable bonds is 13. The summed E-state index contributed by atoms with van der Waals surface area (Å²) in [4.78, 5) is 23.0. The van der Waals surface area contributed by atoms with Crippen molar-refractivity contribution in [3.8, 4) is 0 Å². The first-order valence-electron chi connectivity index (χ1n) is 10.4. The zero-order valence-electron chi connectivity index (χ0n) is 18.4. The standard InChI is InChI=1S/C23H38O5/c1-16(2)19(5)14-21(26)18(4)8-7-12-23(15-24)22(28-23)10-9-17(3)11-13-27-20(6)25/h11,14,16,18,22,24H,7-10,12-13,15H2,1-6H3/b17-11-,19-14+/t18-,22-,23+/m1/s1. The molecule has 1 heterocycles. The van der Waals surface area contributed by atoms with E-state index in [2.05, 4.69) is 13.8 Å². The third-order valence-electron chi connectivity index (χ3n) is 5.70. The van der Waals surface area contributed by atoms with Crippen LogP contribution in [0.4, 0.5) is 0 Å². The predicted octanol–water partition coefficient (Wildman–Crippen LogP) is 4.38. The summed E-state index contributed by atoms with van der Waals surface area (Å²) in [7, 11) is 0. The van der Waals surface area contributed by atoms with Crippen molar-refractivity contribution < 1.29 is 24.2 Å². The number of ether oxygens (including phenoxy) is 2. The van der Waals surface area contributed by atoms with Gasteiger partial charge < -0.3 is 14.6 Å². The number of carbonyl (C=O) groups excluding carboxylic acids is 2. The fraction of sp³-hybridized carbons (Fsp3) is 0.739. The van der Waals surface area contributed by atoms with Crippen LogP contribution in [-0.2, 0) is 19.1 Å². The molecule has 0 bridgehead atoms. The van der Waals surface area contributed by atoms with Gasteiger partial charge in [-0.25, -0.2) is 0 Å². The Morgan fingerprint density at radius 1 is 1.21 bits per heavy atom. The molecule has 0 aromatic carbocycles. The van der Waals surface area contributed by atoms with E-state index in [4.69, 9.17) is 9.47 Å². The maximum atomic E-state index is 12.3. The molecule has 0 amide bonds. The second-order valence-corrected chi connectivity index (χ2v) is 8.46. The molecule has 1 fully saturated rings. The molecule has 5 nitrogen and oxygen atoms in total. The molecule has 1 aliphatic rings. The quantitative estimate of drug-likeness (QED) is 0.217. The van der Waals surface area contributed by atoms with Gasteiger partial charge in [-0.2, -0.15) is 0 Å². The summed E-state index contributed by atoms with van der Waals surface area (Å²) in [6.07, 6.45) is 7.87. The van der Waals surface area contributed by atoms with Crippen LogP contribution in [0.2, 0.25) is 0 Å². The van der Waals surface area contributed by atoms with Crippen molar-refractivity contribution in [2.45, 2.75) is 85.4 Å². The van der Waals surface area contributed by atoms with Crippen molar-refractivity contribution in [1.29, 1.82) is 0 Å². The van der Waals surface area contributed by atoms with Crippen LogP contribution in [0.1, 0.15) is 73.6 Å². The molecule has 5 heteroatoms. The Balaban J connectivity index is 2.36. The first-order chi connectivity index (χ1) is 13.1. The van der Waals surface area contributed by atoms with Crippen LogP contribution < -0.4 is 0 Å². The van der Waals surface area contributed by atoms with Gasteiger partial charge in [0.25, 0.3) is 0 Å². The summed E-state index contributed by atoms with van der Waals surface area (Å²) >= 11 is 0. The number of ketones is 1. The number of esters is 1. The van der Waals surface area contributed by atoms with E-state index in [-0.39, 0.29) is 30.4 Å². The van der Waals surface area contributed by atoms with Gasteiger partial charge in [0.1, 0.15) is 12.2 Å². The van der Waals surface area contributed by atoms with Crippen molar-refractivity contribution in [2.75, 3.05) is 13.2 Å². The average molecular weight is 395 g/mol. The van der Waals surface area contributed by atoms with Gasteiger partial charge in [0.05, 0.1) is 12.7 Å². The third kappa shape index (κ3) is 8.27. The monoisotopic (exact) mass is 394 g/mol. The molecule has 160 valence electrons. The average Bonchev–Trinajstić information content (AvgIpc) is 3.32. The second-order valence-electron chi connectivity index (χ2n) is 8.46. The molecular formula is C23H38O5. The predicted molar refractivity (Wildman–Crippen MR) is 111 cm³/mol. The molecule has 0 aromatic heterocycles. The molecule has 28 heavy (non-hydrogen) atoms. The van der Waals surface area contributed by atoms with E-state index in [9.17, 15) is 14.7 Å². The number of aliphatic hydroxyl groups is 1. The van der Waals surface area contributed by atoms with E-state index < -0.39 is 5.60 Å². The molecule has 0 radical (unpaired) electrons. The van der Waals surface area contributed by atoms with Gasteiger partial charge in [0, 0.05) is 12.8 Å². The van der Waals surface area contributed by atoms with Crippen molar-refractivity contribution >= 4 is 11.8 Å². The van der Waals surface area contributed by atoms with E-state index in [1.54, 1.807) is 6.08 Å². The van der Waals surface area contributed by atoms with Gasteiger partial charge in [-0.3, -0.25) is 9.59 Å². The van der Waals surface area contributed by atoms with Crippen LogP contribution in [0.3, 0.4) is 0 Å². The molecule has 0 saturated carbocycles. The van der Waals surface area contributed by atoms with Crippen LogP contribution in [0, 0.1) is 11.8 Å². The lowest BCUT2D eigenvalue weighted by molar-refractivity contribution is -0.139. The van der Waals surface area contributed by atoms with Gasteiger partial charge in [0.15, 0.2) is 5.78 Å². The molecular weight excluding hydrogens is 356 g/mol. The third-order valence-corrected chi connectivity index (χ3v) is 5.70. The minimum Gasteiger partial charge on any atom is -0.462 e. The van der Waals surface area contributed by atoms with Gasteiger partial charge >= 0.3 is 5.97 Å². The van der Waals surface area contributed by atoms with E-state index in [0.717, 1.165) is 43.3 Å². The van der Waals surface area contributed by atoms with Crippen molar-refractivity contribution in [3.05, 3.63) is 23.3 Å². The maximum Gasteiger partial charge on any atom is 0.302 e. The largest absolute Gasteiger partial charge is 0.462 e. The number of hydrogen-bond donors (Lipinski definition) is 1. The van der Waals surface area contributed by atoms with E-state index in [1.165, 1.54) is 6.92 Å². The molecule has 1 saturated heterocycles. The molecule has 1 aliphatic heterocycles. The molecule has 0 aliphatic carbocycles. The minimum absolute atomic E-state index is 0.00639. The zero-order chi connectivity index (χ0) is 21.3. The lowest BCUT2D eigenvalue weighted by atomic mass is 9.91. The molecule has 0 spiro atoms. The lowest BCUT2D eigenvalue weighted by Crippen LogP contribution is -2.21. The van der Waals surface area contributed by atoms with E-state index >= 15 is 0 Å². The number of aliphatic hydroxyl groups excluding tert-OH is 1. The Morgan fingerprint density at radius 3 is 2.46 bits per heavy atom. The molecule has 0 aromatic rings. The Kier molecular flexibility index (Phi) is 10.1. The normalized spacial score (nSPS) is 23.6. The lowest BCUT2D eigenvalue weighted by Gasteiger charge is -2.13.